The lowest BCUT2D eigenvalue weighted by Crippen LogP contribution is -2.36. The topological polar surface area (TPSA) is 67.8 Å². The van der Waals surface area contributed by atoms with Gasteiger partial charge in [0.1, 0.15) is 5.01 Å². The van der Waals surface area contributed by atoms with Crippen LogP contribution in [-0.4, -0.2) is 31.7 Å². The van der Waals surface area contributed by atoms with E-state index in [1.165, 1.54) is 0 Å². The standard InChI is InChI=1S/C22H26N4O2S.HI/c1-4-23-22(24-13-16-10-11-19(27-2)20(12-16)28-3)25-14-21-26-18(15-29-21)17-8-6-5-7-9-17;/h5-12,15H,4,13-14H2,1-3H3,(H2,23,24,25);1H. The highest BCUT2D eigenvalue weighted by Crippen LogP contribution is 2.27. The van der Waals surface area contributed by atoms with Crippen LogP contribution >= 0.6 is 35.3 Å². The largest absolute Gasteiger partial charge is 0.493 e. The molecule has 2 aromatic carbocycles. The molecule has 0 bridgehead atoms. The predicted molar refractivity (Wildman–Crippen MR) is 134 cm³/mol. The number of hydrogen-bond acceptors (Lipinski definition) is 5. The highest BCUT2D eigenvalue weighted by Gasteiger charge is 2.07. The van der Waals surface area contributed by atoms with E-state index in [2.05, 4.69) is 33.1 Å². The molecule has 8 heteroatoms. The minimum absolute atomic E-state index is 0. The summed E-state index contributed by atoms with van der Waals surface area (Å²) in [4.78, 5) is 9.39. The quantitative estimate of drug-likeness (QED) is 0.247. The van der Waals surface area contributed by atoms with Crippen molar-refractivity contribution >= 4 is 41.3 Å². The molecule has 0 aliphatic rings. The number of ether oxygens (including phenoxy) is 2. The Labute approximate surface area is 198 Å². The highest BCUT2D eigenvalue weighted by atomic mass is 127. The number of rotatable bonds is 8. The molecule has 6 nitrogen and oxygen atoms in total. The number of aliphatic imine (C=N–C) groups is 1. The molecule has 0 saturated heterocycles. The SMILES string of the molecule is CCNC(=NCc1ccc(OC)c(OC)c1)NCc1nc(-c2ccccc2)cs1.I. The maximum absolute atomic E-state index is 5.36. The Balaban J connectivity index is 0.00000320. The Bertz CT molecular complexity index is 947. The Morgan fingerprint density at radius 2 is 1.80 bits per heavy atom. The van der Waals surface area contributed by atoms with Gasteiger partial charge in [-0.1, -0.05) is 36.4 Å². The number of nitrogens with zero attached hydrogens (tertiary/aromatic N) is 2. The molecular weight excluding hydrogens is 511 g/mol. The van der Waals surface area contributed by atoms with Gasteiger partial charge in [0.25, 0.3) is 0 Å². The fraction of sp³-hybridized carbons (Fsp3) is 0.273. The second-order valence-corrected chi connectivity index (χ2v) is 7.17. The van der Waals surface area contributed by atoms with Crippen LogP contribution in [0.15, 0.2) is 58.9 Å². The summed E-state index contributed by atoms with van der Waals surface area (Å²) < 4.78 is 10.6. The fourth-order valence-corrected chi connectivity index (χ4v) is 3.53. The van der Waals surface area contributed by atoms with E-state index in [4.69, 9.17) is 14.5 Å². The Kier molecular flexibility index (Phi) is 9.88. The van der Waals surface area contributed by atoms with Crippen LogP contribution in [0.1, 0.15) is 17.5 Å². The number of guanidine groups is 1. The lowest BCUT2D eigenvalue weighted by atomic mass is 10.2. The fourth-order valence-electron chi connectivity index (χ4n) is 2.78. The van der Waals surface area contributed by atoms with Crippen LogP contribution in [-0.2, 0) is 13.1 Å². The third-order valence-corrected chi connectivity index (χ3v) is 5.09. The lowest BCUT2D eigenvalue weighted by Gasteiger charge is -2.11. The van der Waals surface area contributed by atoms with E-state index in [0.29, 0.717) is 24.6 Å². The summed E-state index contributed by atoms with van der Waals surface area (Å²) >= 11 is 1.64. The summed E-state index contributed by atoms with van der Waals surface area (Å²) in [6.07, 6.45) is 0. The molecule has 1 aromatic heterocycles. The van der Waals surface area contributed by atoms with Gasteiger partial charge in [0.15, 0.2) is 17.5 Å². The monoisotopic (exact) mass is 538 g/mol. The molecule has 0 aliphatic heterocycles. The van der Waals surface area contributed by atoms with Gasteiger partial charge in [-0.05, 0) is 24.6 Å². The molecular formula is C22H27IN4O2S. The van der Waals surface area contributed by atoms with Gasteiger partial charge in [0.05, 0.1) is 33.0 Å². The van der Waals surface area contributed by atoms with Crippen LogP contribution in [0.25, 0.3) is 11.3 Å². The van der Waals surface area contributed by atoms with E-state index in [-0.39, 0.29) is 24.0 Å². The molecule has 0 fully saturated rings. The zero-order chi connectivity index (χ0) is 20.5. The van der Waals surface area contributed by atoms with E-state index in [0.717, 1.165) is 34.3 Å². The molecule has 0 amide bonds. The first-order valence-corrected chi connectivity index (χ1v) is 10.3. The first kappa shape index (κ1) is 23.9. The third-order valence-electron chi connectivity index (χ3n) is 4.24. The van der Waals surface area contributed by atoms with Crippen molar-refractivity contribution in [3.05, 3.63) is 64.5 Å². The first-order valence-electron chi connectivity index (χ1n) is 9.46. The average Bonchev–Trinajstić information content (AvgIpc) is 3.25. The van der Waals surface area contributed by atoms with Gasteiger partial charge >= 0.3 is 0 Å². The van der Waals surface area contributed by atoms with Crippen molar-refractivity contribution in [2.45, 2.75) is 20.0 Å². The van der Waals surface area contributed by atoms with Gasteiger partial charge in [-0.2, -0.15) is 0 Å². The van der Waals surface area contributed by atoms with Gasteiger partial charge in [-0.25, -0.2) is 9.98 Å². The molecule has 0 atom stereocenters. The smallest absolute Gasteiger partial charge is 0.191 e. The normalized spacial score (nSPS) is 10.8. The second-order valence-electron chi connectivity index (χ2n) is 6.23. The van der Waals surface area contributed by atoms with Gasteiger partial charge in [-0.3, -0.25) is 0 Å². The van der Waals surface area contributed by atoms with Crippen LogP contribution in [0.5, 0.6) is 11.5 Å². The van der Waals surface area contributed by atoms with Crippen LogP contribution in [0.4, 0.5) is 0 Å². The number of benzene rings is 2. The van der Waals surface area contributed by atoms with E-state index in [1.807, 2.05) is 43.3 Å². The Morgan fingerprint density at radius 3 is 2.50 bits per heavy atom. The van der Waals surface area contributed by atoms with Gasteiger partial charge in [-0.15, -0.1) is 35.3 Å². The molecule has 3 aromatic rings. The van der Waals surface area contributed by atoms with Gasteiger partial charge < -0.3 is 20.1 Å². The summed E-state index contributed by atoms with van der Waals surface area (Å²) in [5.74, 6) is 2.16. The van der Waals surface area contributed by atoms with Crippen molar-refractivity contribution in [2.75, 3.05) is 20.8 Å². The molecule has 0 aliphatic carbocycles. The molecule has 1 heterocycles. The molecule has 0 spiro atoms. The van der Waals surface area contributed by atoms with E-state index in [9.17, 15) is 0 Å². The Hall–Kier alpha value is -2.33. The van der Waals surface area contributed by atoms with E-state index >= 15 is 0 Å². The van der Waals surface area contributed by atoms with Crippen molar-refractivity contribution in [2.24, 2.45) is 4.99 Å². The van der Waals surface area contributed by atoms with Crippen molar-refractivity contribution in [1.82, 2.24) is 15.6 Å². The van der Waals surface area contributed by atoms with Crippen molar-refractivity contribution in [3.8, 4) is 22.8 Å². The second kappa shape index (κ2) is 12.4. The van der Waals surface area contributed by atoms with Crippen LogP contribution < -0.4 is 20.1 Å². The van der Waals surface area contributed by atoms with E-state index < -0.39 is 0 Å². The average molecular weight is 538 g/mol. The number of halogens is 1. The van der Waals surface area contributed by atoms with Gasteiger partial charge in [0.2, 0.25) is 0 Å². The predicted octanol–water partition coefficient (Wildman–Crippen LogP) is 4.70. The Morgan fingerprint density at radius 1 is 1.03 bits per heavy atom. The van der Waals surface area contributed by atoms with Crippen molar-refractivity contribution in [1.29, 1.82) is 0 Å². The number of thiazole rings is 1. The number of nitrogens with one attached hydrogen (secondary N) is 2. The van der Waals surface area contributed by atoms with Crippen LogP contribution in [0, 0.1) is 0 Å². The zero-order valence-electron chi connectivity index (χ0n) is 17.3. The lowest BCUT2D eigenvalue weighted by molar-refractivity contribution is 0.354. The molecule has 160 valence electrons. The summed E-state index contributed by atoms with van der Waals surface area (Å²) in [7, 11) is 3.26. The molecule has 3 rings (SSSR count). The molecule has 30 heavy (non-hydrogen) atoms. The maximum atomic E-state index is 5.36. The molecule has 0 saturated carbocycles. The summed E-state index contributed by atoms with van der Waals surface area (Å²) in [5.41, 5.74) is 3.17. The third kappa shape index (κ3) is 6.60. The van der Waals surface area contributed by atoms with Crippen LogP contribution in [0.2, 0.25) is 0 Å². The van der Waals surface area contributed by atoms with Crippen molar-refractivity contribution < 1.29 is 9.47 Å². The van der Waals surface area contributed by atoms with Gasteiger partial charge in [0, 0.05) is 17.5 Å². The van der Waals surface area contributed by atoms with Crippen molar-refractivity contribution in [3.63, 3.8) is 0 Å². The zero-order valence-corrected chi connectivity index (χ0v) is 20.5. The maximum Gasteiger partial charge on any atom is 0.191 e. The summed E-state index contributed by atoms with van der Waals surface area (Å²) in [6, 6.07) is 16.0. The summed E-state index contributed by atoms with van der Waals surface area (Å²) in [5, 5.41) is 9.72. The molecule has 0 radical (unpaired) electrons. The number of hydrogen-bond donors (Lipinski definition) is 2. The number of methoxy groups -OCH3 is 2. The minimum Gasteiger partial charge on any atom is -0.493 e. The van der Waals surface area contributed by atoms with E-state index in [1.54, 1.807) is 25.6 Å². The highest BCUT2D eigenvalue weighted by molar-refractivity contribution is 14.0. The first-order chi connectivity index (χ1) is 14.2. The summed E-state index contributed by atoms with van der Waals surface area (Å²) in [6.45, 7) is 3.98. The molecule has 0 unspecified atom stereocenters. The minimum atomic E-state index is 0. The van der Waals surface area contributed by atoms with Crippen LogP contribution in [0.3, 0.4) is 0 Å². The number of aromatic nitrogens is 1. The molecule has 2 N–H and O–H groups in total.